The quantitative estimate of drug-likeness (QED) is 0.305. The van der Waals surface area contributed by atoms with Crippen LogP contribution in [0, 0.1) is 25.7 Å². The Morgan fingerprint density at radius 2 is 1.87 bits per heavy atom. The van der Waals surface area contributed by atoms with Crippen LogP contribution in [-0.2, 0) is 4.79 Å². The van der Waals surface area contributed by atoms with Gasteiger partial charge in [0.15, 0.2) is 5.82 Å². The molecule has 0 bridgehead atoms. The lowest BCUT2D eigenvalue weighted by atomic mass is 9.99. The van der Waals surface area contributed by atoms with Gasteiger partial charge in [0, 0.05) is 47.2 Å². The van der Waals surface area contributed by atoms with Gasteiger partial charge in [0.05, 0.1) is 17.0 Å². The molecule has 196 valence electrons. The van der Waals surface area contributed by atoms with Crippen LogP contribution in [0.25, 0.3) is 5.00 Å². The molecule has 39 heavy (non-hydrogen) atoms. The van der Waals surface area contributed by atoms with Crippen LogP contribution in [0.15, 0.2) is 53.8 Å². The van der Waals surface area contributed by atoms with Gasteiger partial charge in [0.25, 0.3) is 0 Å². The number of thiophene rings is 1. The minimum atomic E-state index is -0.463. The van der Waals surface area contributed by atoms with Crippen molar-refractivity contribution in [2.45, 2.75) is 45.6 Å². The summed E-state index contributed by atoms with van der Waals surface area (Å²) in [6.45, 7) is 5.62. The third kappa shape index (κ3) is 5.00. The fraction of sp³-hybridized carbons (Fsp3) is 0.300. The van der Waals surface area contributed by atoms with E-state index in [2.05, 4.69) is 38.5 Å². The average molecular weight is 555 g/mol. The van der Waals surface area contributed by atoms with Crippen LogP contribution >= 0.6 is 22.9 Å². The highest BCUT2D eigenvalue weighted by atomic mass is 35.5. The van der Waals surface area contributed by atoms with Gasteiger partial charge in [0.1, 0.15) is 16.9 Å². The zero-order valence-electron chi connectivity index (χ0n) is 21.8. The number of rotatable bonds is 3. The number of hydrogen-bond acceptors (Lipinski definition) is 6. The monoisotopic (exact) mass is 554 g/mol. The Balaban J connectivity index is 1.50. The smallest absolute Gasteiger partial charge is 0.225 e. The number of amides is 1. The van der Waals surface area contributed by atoms with Crippen molar-refractivity contribution in [3.63, 3.8) is 0 Å². The second-order valence-corrected chi connectivity index (χ2v) is 11.3. The summed E-state index contributed by atoms with van der Waals surface area (Å²) in [5, 5.41) is 10.6. The Labute approximate surface area is 236 Å². The molecule has 1 atom stereocenters. The standard InChI is InChI=1S/C30H27ClN6OS/c1-19-25(13-8-21-7-6-14-32-18-21)39-30-27(19)28(22-9-11-23(31)12-10-22)33-24(29-35-34-20(2)37(29)30)17-26(38)36-15-4-3-5-16-36/h6-7,9-12,14,18,24H,3-5,15-17H2,1-2H3/t24-/m0/s1. The number of fused-ring (bicyclic) bond motifs is 3. The van der Waals surface area contributed by atoms with E-state index in [-0.39, 0.29) is 12.3 Å². The topological polar surface area (TPSA) is 76.3 Å². The summed E-state index contributed by atoms with van der Waals surface area (Å²) in [5.41, 5.74) is 4.60. The number of halogens is 1. The number of aliphatic imine (C=N–C) groups is 1. The van der Waals surface area contributed by atoms with Crippen molar-refractivity contribution in [3.8, 4) is 16.8 Å². The number of nitrogens with zero attached hydrogens (tertiary/aromatic N) is 6. The summed E-state index contributed by atoms with van der Waals surface area (Å²) in [6.07, 6.45) is 7.01. The predicted octanol–water partition coefficient (Wildman–Crippen LogP) is 5.69. The summed E-state index contributed by atoms with van der Waals surface area (Å²) in [5.74, 6) is 8.13. The molecule has 6 rings (SSSR count). The number of pyridine rings is 1. The molecule has 0 unspecified atom stereocenters. The van der Waals surface area contributed by atoms with Gasteiger partial charge in [-0.3, -0.25) is 19.3 Å². The molecule has 0 saturated carbocycles. The Bertz CT molecular complexity index is 1620. The molecule has 0 radical (unpaired) electrons. The summed E-state index contributed by atoms with van der Waals surface area (Å²) < 4.78 is 2.06. The fourth-order valence-corrected chi connectivity index (χ4v) is 6.49. The number of carbonyl (C=O) groups excluding carboxylic acids is 1. The lowest BCUT2D eigenvalue weighted by molar-refractivity contribution is -0.132. The molecule has 2 aliphatic rings. The van der Waals surface area contributed by atoms with Gasteiger partial charge in [-0.1, -0.05) is 35.6 Å². The molecular formula is C30H27ClN6OS. The van der Waals surface area contributed by atoms with Crippen molar-refractivity contribution in [3.05, 3.63) is 92.6 Å². The number of carbonyl (C=O) groups is 1. The third-order valence-corrected chi connectivity index (χ3v) is 8.62. The first-order valence-corrected chi connectivity index (χ1v) is 14.3. The van der Waals surface area contributed by atoms with Crippen LogP contribution in [-0.4, -0.2) is 49.4 Å². The normalized spacial score (nSPS) is 16.4. The van der Waals surface area contributed by atoms with E-state index < -0.39 is 6.04 Å². The van der Waals surface area contributed by atoms with Crippen LogP contribution in [0.2, 0.25) is 5.02 Å². The van der Waals surface area contributed by atoms with Crippen LogP contribution in [0.5, 0.6) is 0 Å². The first-order valence-electron chi connectivity index (χ1n) is 13.1. The minimum absolute atomic E-state index is 0.108. The molecule has 1 amide bonds. The average Bonchev–Trinajstić information content (AvgIpc) is 3.46. The van der Waals surface area contributed by atoms with Crippen molar-refractivity contribution in [1.82, 2.24) is 24.6 Å². The molecule has 5 heterocycles. The molecule has 4 aromatic rings. The van der Waals surface area contributed by atoms with Gasteiger partial charge in [0.2, 0.25) is 5.91 Å². The maximum absolute atomic E-state index is 13.4. The number of piperidine rings is 1. The Morgan fingerprint density at radius 3 is 2.62 bits per heavy atom. The van der Waals surface area contributed by atoms with Crippen LogP contribution in [0.4, 0.5) is 0 Å². The van der Waals surface area contributed by atoms with Crippen molar-refractivity contribution >= 4 is 34.6 Å². The van der Waals surface area contributed by atoms with E-state index in [4.69, 9.17) is 16.6 Å². The van der Waals surface area contributed by atoms with Crippen molar-refractivity contribution in [2.24, 2.45) is 4.99 Å². The molecular weight excluding hydrogens is 528 g/mol. The molecule has 0 aliphatic carbocycles. The number of benzene rings is 1. The van der Waals surface area contributed by atoms with Crippen molar-refractivity contribution in [2.75, 3.05) is 13.1 Å². The number of likely N-dealkylation sites (tertiary alicyclic amines) is 1. The molecule has 1 aromatic carbocycles. The van der Waals surface area contributed by atoms with E-state index in [0.717, 1.165) is 69.6 Å². The van der Waals surface area contributed by atoms with E-state index >= 15 is 0 Å². The van der Waals surface area contributed by atoms with Gasteiger partial charge >= 0.3 is 0 Å². The highest BCUT2D eigenvalue weighted by Crippen LogP contribution is 2.40. The lowest BCUT2D eigenvalue weighted by Gasteiger charge is -2.27. The molecule has 0 spiro atoms. The van der Waals surface area contributed by atoms with Gasteiger partial charge in [-0.15, -0.1) is 21.5 Å². The van der Waals surface area contributed by atoms with Gasteiger partial charge in [-0.2, -0.15) is 0 Å². The fourth-order valence-electron chi connectivity index (χ4n) is 5.14. The summed E-state index contributed by atoms with van der Waals surface area (Å²) in [6, 6.07) is 11.1. The number of aryl methyl sites for hydroxylation is 1. The van der Waals surface area contributed by atoms with E-state index in [1.807, 2.05) is 48.2 Å². The molecule has 3 aromatic heterocycles. The maximum atomic E-state index is 13.4. The Morgan fingerprint density at radius 1 is 1.08 bits per heavy atom. The zero-order valence-corrected chi connectivity index (χ0v) is 23.4. The maximum Gasteiger partial charge on any atom is 0.225 e. The Kier molecular flexibility index (Phi) is 7.03. The molecule has 0 N–H and O–H groups in total. The van der Waals surface area contributed by atoms with E-state index in [9.17, 15) is 4.79 Å². The minimum Gasteiger partial charge on any atom is -0.343 e. The molecule has 1 saturated heterocycles. The van der Waals surface area contributed by atoms with E-state index in [0.29, 0.717) is 10.8 Å². The van der Waals surface area contributed by atoms with Crippen LogP contribution in [0.1, 0.15) is 70.5 Å². The second-order valence-electron chi connectivity index (χ2n) is 9.81. The summed E-state index contributed by atoms with van der Waals surface area (Å²) >= 11 is 7.84. The first kappa shape index (κ1) is 25.5. The summed E-state index contributed by atoms with van der Waals surface area (Å²) in [4.78, 5) is 25.7. The lowest BCUT2D eigenvalue weighted by Crippen LogP contribution is -2.36. The van der Waals surface area contributed by atoms with Crippen molar-refractivity contribution in [1.29, 1.82) is 0 Å². The molecule has 1 fully saturated rings. The highest BCUT2D eigenvalue weighted by molar-refractivity contribution is 7.15. The number of aromatic nitrogens is 4. The SMILES string of the molecule is Cc1c(C#Cc2cccnc2)sc2c1C(c1ccc(Cl)cc1)=N[C@@H](CC(=O)N1CCCCC1)c1nnc(C)n1-2. The first-order chi connectivity index (χ1) is 19.0. The van der Waals surface area contributed by atoms with Crippen LogP contribution < -0.4 is 0 Å². The van der Waals surface area contributed by atoms with Crippen LogP contribution in [0.3, 0.4) is 0 Å². The third-order valence-electron chi connectivity index (χ3n) is 7.18. The van der Waals surface area contributed by atoms with Gasteiger partial charge in [-0.05, 0) is 62.9 Å². The van der Waals surface area contributed by atoms with Crippen molar-refractivity contribution < 1.29 is 4.79 Å². The number of hydrogen-bond donors (Lipinski definition) is 0. The molecule has 7 nitrogen and oxygen atoms in total. The Hall–Kier alpha value is -3.80. The predicted molar refractivity (Wildman–Crippen MR) is 154 cm³/mol. The largest absolute Gasteiger partial charge is 0.343 e. The van der Waals surface area contributed by atoms with E-state index in [1.54, 1.807) is 23.7 Å². The van der Waals surface area contributed by atoms with E-state index in [1.165, 1.54) is 6.42 Å². The molecule has 9 heteroatoms. The molecule has 2 aliphatic heterocycles. The summed E-state index contributed by atoms with van der Waals surface area (Å²) in [7, 11) is 0. The van der Waals surface area contributed by atoms with Gasteiger partial charge in [-0.25, -0.2) is 0 Å². The second kappa shape index (κ2) is 10.8. The van der Waals surface area contributed by atoms with Gasteiger partial charge < -0.3 is 4.90 Å². The highest BCUT2D eigenvalue weighted by Gasteiger charge is 2.33. The zero-order chi connectivity index (χ0) is 26.9.